The second kappa shape index (κ2) is 9.39. The van der Waals surface area contributed by atoms with Gasteiger partial charge in [0.1, 0.15) is 18.5 Å². The summed E-state index contributed by atoms with van der Waals surface area (Å²) in [4.78, 5) is 23.5. The number of rotatable bonds is 9. The Morgan fingerprint density at radius 1 is 1.33 bits per heavy atom. The molecule has 0 saturated carbocycles. The number of carbonyl (C=O) groups is 2. The van der Waals surface area contributed by atoms with Gasteiger partial charge < -0.3 is 20.9 Å². The molecule has 0 aliphatic rings. The van der Waals surface area contributed by atoms with E-state index < -0.39 is 12.1 Å². The predicted molar refractivity (Wildman–Crippen MR) is 94.3 cm³/mol. The van der Waals surface area contributed by atoms with E-state index in [-0.39, 0.29) is 24.2 Å². The summed E-state index contributed by atoms with van der Waals surface area (Å²) in [5.41, 5.74) is 6.79. The number of nitrogens with one attached hydrogen (secondary N) is 1. The van der Waals surface area contributed by atoms with Crippen molar-refractivity contribution < 1.29 is 19.4 Å². The topological polar surface area (TPSA) is 102 Å². The molecular formula is C18H28N2O4. The van der Waals surface area contributed by atoms with Gasteiger partial charge in [0.25, 0.3) is 0 Å². The molecule has 6 nitrogen and oxygen atoms in total. The van der Waals surface area contributed by atoms with E-state index in [1.54, 1.807) is 18.2 Å². The molecule has 1 aromatic carbocycles. The maximum absolute atomic E-state index is 11.8. The Morgan fingerprint density at radius 2 is 2.00 bits per heavy atom. The fraction of sp³-hybridized carbons (Fsp3) is 0.556. The first kappa shape index (κ1) is 20.1. The first-order valence-electron chi connectivity index (χ1n) is 8.27. The molecule has 6 heteroatoms. The summed E-state index contributed by atoms with van der Waals surface area (Å²) >= 11 is 0. The van der Waals surface area contributed by atoms with Crippen molar-refractivity contribution in [2.45, 2.75) is 52.7 Å². The van der Waals surface area contributed by atoms with E-state index in [4.69, 9.17) is 10.5 Å². The molecule has 4 N–H and O–H groups in total. The molecule has 24 heavy (non-hydrogen) atoms. The molecule has 0 saturated heterocycles. The fourth-order valence-corrected chi connectivity index (χ4v) is 2.19. The second-order valence-corrected chi connectivity index (χ2v) is 6.27. The lowest BCUT2D eigenvalue weighted by Gasteiger charge is -2.22. The third kappa shape index (κ3) is 5.94. The molecule has 2 unspecified atom stereocenters. The van der Waals surface area contributed by atoms with Gasteiger partial charge in [-0.25, -0.2) is 0 Å². The third-order valence-corrected chi connectivity index (χ3v) is 3.74. The van der Waals surface area contributed by atoms with Crippen LogP contribution in [0.15, 0.2) is 18.2 Å². The number of hydrogen-bond acceptors (Lipinski definition) is 5. The van der Waals surface area contributed by atoms with Gasteiger partial charge in [-0.15, -0.1) is 0 Å². The largest absolute Gasteiger partial charge is 0.490 e. The Balaban J connectivity index is 2.84. The Hall–Kier alpha value is -1.92. The molecule has 0 heterocycles. The van der Waals surface area contributed by atoms with Gasteiger partial charge in [-0.05, 0) is 37.5 Å². The van der Waals surface area contributed by atoms with Gasteiger partial charge in [0.05, 0.1) is 5.56 Å². The van der Waals surface area contributed by atoms with Crippen molar-refractivity contribution in [1.29, 1.82) is 0 Å². The van der Waals surface area contributed by atoms with Crippen molar-refractivity contribution in [3.8, 4) is 5.75 Å². The molecule has 0 spiro atoms. The molecule has 0 radical (unpaired) electrons. The summed E-state index contributed by atoms with van der Waals surface area (Å²) < 4.78 is 5.58. The molecule has 1 aromatic rings. The fourth-order valence-electron chi connectivity index (χ4n) is 2.19. The maximum Gasteiger partial charge on any atom is 0.224 e. The molecule has 1 rings (SSSR count). The van der Waals surface area contributed by atoms with E-state index in [0.29, 0.717) is 23.4 Å². The summed E-state index contributed by atoms with van der Waals surface area (Å²) in [5.74, 6) is 0.205. The van der Waals surface area contributed by atoms with Crippen LogP contribution in [0.1, 0.15) is 50.9 Å². The van der Waals surface area contributed by atoms with E-state index in [0.717, 1.165) is 6.42 Å². The summed E-state index contributed by atoms with van der Waals surface area (Å²) in [5, 5.41) is 12.8. The van der Waals surface area contributed by atoms with Crippen LogP contribution >= 0.6 is 0 Å². The molecule has 0 aliphatic heterocycles. The van der Waals surface area contributed by atoms with Crippen molar-refractivity contribution in [1.82, 2.24) is 0 Å². The zero-order chi connectivity index (χ0) is 18.3. The summed E-state index contributed by atoms with van der Waals surface area (Å²) in [6.45, 7) is 7.19. The van der Waals surface area contributed by atoms with E-state index in [1.807, 2.05) is 20.8 Å². The number of ether oxygens (including phenoxy) is 1. The van der Waals surface area contributed by atoms with E-state index >= 15 is 0 Å². The Morgan fingerprint density at radius 3 is 2.54 bits per heavy atom. The number of benzene rings is 1. The van der Waals surface area contributed by atoms with Gasteiger partial charge in [0, 0.05) is 18.2 Å². The number of aliphatic hydroxyl groups excluding tert-OH is 1. The van der Waals surface area contributed by atoms with Gasteiger partial charge in [-0.1, -0.05) is 20.8 Å². The van der Waals surface area contributed by atoms with Crippen LogP contribution in [0, 0.1) is 5.92 Å². The van der Waals surface area contributed by atoms with Crippen molar-refractivity contribution >= 4 is 17.4 Å². The number of carbonyl (C=O) groups excluding carboxylic acids is 2. The van der Waals surface area contributed by atoms with Crippen molar-refractivity contribution in [3.63, 3.8) is 0 Å². The van der Waals surface area contributed by atoms with E-state index in [9.17, 15) is 14.7 Å². The minimum Gasteiger partial charge on any atom is -0.490 e. The molecular weight excluding hydrogens is 308 g/mol. The first-order valence-corrected chi connectivity index (χ1v) is 8.27. The average Bonchev–Trinajstić information content (AvgIpc) is 2.52. The van der Waals surface area contributed by atoms with Crippen molar-refractivity contribution in [2.24, 2.45) is 11.7 Å². The molecule has 0 bridgehead atoms. The van der Waals surface area contributed by atoms with Crippen LogP contribution in [-0.2, 0) is 4.79 Å². The number of Topliss-reactive ketones (excluding diaryl/α,β-unsaturated/α-hetero) is 1. The highest BCUT2D eigenvalue weighted by Gasteiger charge is 2.20. The van der Waals surface area contributed by atoms with Gasteiger partial charge >= 0.3 is 0 Å². The SMILES string of the molecule is CCCC(=O)Nc1ccc(OCC(O)C(N)C(C)C)c(C(C)=O)c1. The van der Waals surface area contributed by atoms with E-state index in [2.05, 4.69) is 5.32 Å². The molecule has 1 amide bonds. The Kier molecular flexibility index (Phi) is 7.88. The zero-order valence-corrected chi connectivity index (χ0v) is 14.8. The first-order chi connectivity index (χ1) is 11.3. The van der Waals surface area contributed by atoms with Crippen LogP contribution in [0.3, 0.4) is 0 Å². The number of aliphatic hydroxyl groups is 1. The Labute approximate surface area is 143 Å². The van der Waals surface area contributed by atoms with E-state index in [1.165, 1.54) is 6.92 Å². The lowest BCUT2D eigenvalue weighted by atomic mass is 10.0. The molecule has 134 valence electrons. The van der Waals surface area contributed by atoms with Crippen LogP contribution in [0.5, 0.6) is 5.75 Å². The van der Waals surface area contributed by atoms with Gasteiger partial charge in [0.15, 0.2) is 5.78 Å². The second-order valence-electron chi connectivity index (χ2n) is 6.27. The molecule has 0 fully saturated rings. The lowest BCUT2D eigenvalue weighted by molar-refractivity contribution is -0.116. The molecule has 2 atom stereocenters. The summed E-state index contributed by atoms with van der Waals surface area (Å²) in [7, 11) is 0. The third-order valence-electron chi connectivity index (χ3n) is 3.74. The van der Waals surface area contributed by atoms with Crippen molar-refractivity contribution in [2.75, 3.05) is 11.9 Å². The summed E-state index contributed by atoms with van der Waals surface area (Å²) in [6.07, 6.45) is 0.349. The quantitative estimate of drug-likeness (QED) is 0.601. The number of nitrogens with two attached hydrogens (primary N) is 1. The smallest absolute Gasteiger partial charge is 0.224 e. The minimum absolute atomic E-state index is 0.00116. The zero-order valence-electron chi connectivity index (χ0n) is 14.8. The highest BCUT2D eigenvalue weighted by Crippen LogP contribution is 2.24. The molecule has 0 aliphatic carbocycles. The average molecular weight is 336 g/mol. The Bertz CT molecular complexity index is 572. The number of anilines is 1. The molecule has 0 aromatic heterocycles. The lowest BCUT2D eigenvalue weighted by Crippen LogP contribution is -2.42. The minimum atomic E-state index is -0.825. The van der Waals surface area contributed by atoms with Gasteiger partial charge in [-0.2, -0.15) is 0 Å². The monoisotopic (exact) mass is 336 g/mol. The van der Waals surface area contributed by atoms with Crippen molar-refractivity contribution in [3.05, 3.63) is 23.8 Å². The van der Waals surface area contributed by atoms with Crippen LogP contribution in [0.4, 0.5) is 5.69 Å². The maximum atomic E-state index is 11.8. The van der Waals surface area contributed by atoms with Gasteiger partial charge in [-0.3, -0.25) is 9.59 Å². The predicted octanol–water partition coefficient (Wildman–Crippen LogP) is 2.35. The highest BCUT2D eigenvalue weighted by atomic mass is 16.5. The van der Waals surface area contributed by atoms with Gasteiger partial charge in [0.2, 0.25) is 5.91 Å². The van der Waals surface area contributed by atoms with Crippen LogP contribution in [0.25, 0.3) is 0 Å². The van der Waals surface area contributed by atoms with Crippen LogP contribution < -0.4 is 15.8 Å². The number of amides is 1. The van der Waals surface area contributed by atoms with Crippen LogP contribution in [0.2, 0.25) is 0 Å². The summed E-state index contributed by atoms with van der Waals surface area (Å²) in [6, 6.07) is 4.47. The number of ketones is 1. The number of hydrogen-bond donors (Lipinski definition) is 3. The standard InChI is InChI=1S/C18H28N2O4/c1-5-6-17(23)20-13-7-8-16(14(9-13)12(4)21)24-10-15(22)18(19)11(2)3/h7-9,11,15,18,22H,5-6,10,19H2,1-4H3,(H,20,23). The van der Waals surface area contributed by atoms with Crippen LogP contribution in [-0.4, -0.2) is 35.5 Å². The normalized spacial score (nSPS) is 13.5. The highest BCUT2D eigenvalue weighted by molar-refractivity contribution is 5.99.